The number of para-hydroxylation sites is 1. The third kappa shape index (κ3) is 1.76. The van der Waals surface area contributed by atoms with Gasteiger partial charge in [-0.25, -0.2) is 4.98 Å². The van der Waals surface area contributed by atoms with Gasteiger partial charge in [-0.2, -0.15) is 0 Å². The summed E-state index contributed by atoms with van der Waals surface area (Å²) in [4.78, 5) is 4.44. The van der Waals surface area contributed by atoms with E-state index < -0.39 is 0 Å². The van der Waals surface area contributed by atoms with Crippen LogP contribution in [0.2, 0.25) is 0 Å². The fraction of sp³-hybridized carbons (Fsp3) is 0.471. The van der Waals surface area contributed by atoms with Crippen LogP contribution in [-0.4, -0.2) is 16.1 Å². The highest BCUT2D eigenvalue weighted by molar-refractivity contribution is 5.79. The van der Waals surface area contributed by atoms with Gasteiger partial charge in [0, 0.05) is 23.8 Å². The van der Waals surface area contributed by atoms with Crippen molar-refractivity contribution in [3.8, 4) is 11.3 Å². The molecule has 3 heteroatoms. The Labute approximate surface area is 120 Å². The summed E-state index contributed by atoms with van der Waals surface area (Å²) in [6.07, 6.45) is 9.16. The van der Waals surface area contributed by atoms with Crippen molar-refractivity contribution in [1.82, 2.24) is 9.55 Å². The second kappa shape index (κ2) is 4.65. The molecule has 20 heavy (non-hydrogen) atoms. The van der Waals surface area contributed by atoms with Crippen LogP contribution in [-0.2, 0) is 6.42 Å². The standard InChI is InChI=1S/C17H21N3/c1-12-4-2-7-15(12)20-11-18-10-16(20)14-6-3-5-13-8-9-19-17(13)14/h3,5-6,10-12,15,19H,2,4,7-9H2,1H3. The van der Waals surface area contributed by atoms with Gasteiger partial charge >= 0.3 is 0 Å². The van der Waals surface area contributed by atoms with Crippen molar-refractivity contribution in [3.63, 3.8) is 0 Å². The molecule has 104 valence electrons. The molecule has 0 saturated heterocycles. The van der Waals surface area contributed by atoms with Crippen LogP contribution in [0.5, 0.6) is 0 Å². The Bertz CT molecular complexity index is 629. The molecule has 0 bridgehead atoms. The van der Waals surface area contributed by atoms with Gasteiger partial charge in [-0.1, -0.05) is 31.5 Å². The lowest BCUT2D eigenvalue weighted by molar-refractivity contribution is 0.410. The van der Waals surface area contributed by atoms with Crippen LogP contribution < -0.4 is 5.32 Å². The molecule has 1 aromatic carbocycles. The minimum atomic E-state index is 0.616. The van der Waals surface area contributed by atoms with E-state index in [0.717, 1.165) is 18.9 Å². The molecule has 0 amide bonds. The van der Waals surface area contributed by atoms with E-state index in [1.165, 1.54) is 41.8 Å². The second-order valence-electron chi connectivity index (χ2n) is 6.18. The quantitative estimate of drug-likeness (QED) is 0.895. The third-order valence-corrected chi connectivity index (χ3v) is 4.96. The lowest BCUT2D eigenvalue weighted by Crippen LogP contribution is -2.12. The van der Waals surface area contributed by atoms with E-state index >= 15 is 0 Å². The third-order valence-electron chi connectivity index (χ3n) is 4.96. The SMILES string of the molecule is CC1CCCC1n1cncc1-c1cccc2c1NCC2. The Hall–Kier alpha value is -1.77. The lowest BCUT2D eigenvalue weighted by Gasteiger charge is -2.21. The Morgan fingerprint density at radius 1 is 1.30 bits per heavy atom. The van der Waals surface area contributed by atoms with Gasteiger partial charge in [-0.15, -0.1) is 0 Å². The summed E-state index contributed by atoms with van der Waals surface area (Å²) in [5.74, 6) is 0.757. The van der Waals surface area contributed by atoms with Crippen LogP contribution in [0.3, 0.4) is 0 Å². The Morgan fingerprint density at radius 2 is 2.25 bits per heavy atom. The van der Waals surface area contributed by atoms with E-state index in [1.807, 2.05) is 12.5 Å². The van der Waals surface area contributed by atoms with Crippen molar-refractivity contribution in [3.05, 3.63) is 36.3 Å². The van der Waals surface area contributed by atoms with Crippen molar-refractivity contribution in [2.45, 2.75) is 38.6 Å². The molecule has 2 aromatic rings. The van der Waals surface area contributed by atoms with Gasteiger partial charge in [0.1, 0.15) is 0 Å². The van der Waals surface area contributed by atoms with Crippen LogP contribution in [0.15, 0.2) is 30.7 Å². The van der Waals surface area contributed by atoms with Crippen molar-refractivity contribution in [1.29, 1.82) is 0 Å². The Kier molecular flexibility index (Phi) is 2.79. The lowest BCUT2D eigenvalue weighted by atomic mass is 10.0. The number of benzene rings is 1. The number of nitrogens with zero attached hydrogens (tertiary/aromatic N) is 2. The van der Waals surface area contributed by atoms with E-state index in [-0.39, 0.29) is 0 Å². The molecule has 4 rings (SSSR count). The molecule has 1 saturated carbocycles. The first-order valence-electron chi connectivity index (χ1n) is 7.72. The number of hydrogen-bond acceptors (Lipinski definition) is 2. The van der Waals surface area contributed by atoms with Crippen LogP contribution in [0.25, 0.3) is 11.3 Å². The van der Waals surface area contributed by atoms with Crippen LogP contribution in [0.1, 0.15) is 37.8 Å². The molecule has 0 spiro atoms. The zero-order chi connectivity index (χ0) is 13.5. The molecule has 1 N–H and O–H groups in total. The van der Waals surface area contributed by atoms with E-state index in [4.69, 9.17) is 0 Å². The fourth-order valence-electron chi connectivity index (χ4n) is 3.87. The predicted octanol–water partition coefficient (Wildman–Crippen LogP) is 3.88. The number of hydrogen-bond donors (Lipinski definition) is 1. The monoisotopic (exact) mass is 267 g/mol. The molecule has 1 aliphatic heterocycles. The summed E-state index contributed by atoms with van der Waals surface area (Å²) in [6, 6.07) is 7.25. The van der Waals surface area contributed by atoms with Crippen LogP contribution >= 0.6 is 0 Å². The van der Waals surface area contributed by atoms with E-state index in [9.17, 15) is 0 Å². The van der Waals surface area contributed by atoms with Gasteiger partial charge in [-0.3, -0.25) is 0 Å². The maximum absolute atomic E-state index is 4.44. The highest BCUT2D eigenvalue weighted by Crippen LogP contribution is 2.40. The van der Waals surface area contributed by atoms with Crippen molar-refractivity contribution in [2.24, 2.45) is 5.92 Å². The maximum atomic E-state index is 4.44. The molecule has 3 nitrogen and oxygen atoms in total. The molecule has 2 unspecified atom stereocenters. The van der Waals surface area contributed by atoms with Crippen molar-refractivity contribution < 1.29 is 0 Å². The molecule has 1 fully saturated rings. The summed E-state index contributed by atoms with van der Waals surface area (Å²) in [5.41, 5.74) is 5.35. The number of rotatable bonds is 2. The van der Waals surface area contributed by atoms with Gasteiger partial charge in [0.15, 0.2) is 0 Å². The van der Waals surface area contributed by atoms with Crippen LogP contribution in [0, 0.1) is 5.92 Å². The topological polar surface area (TPSA) is 29.9 Å². The summed E-state index contributed by atoms with van der Waals surface area (Å²) in [6.45, 7) is 3.43. The summed E-state index contributed by atoms with van der Waals surface area (Å²) in [7, 11) is 0. The van der Waals surface area contributed by atoms with Gasteiger partial charge in [0.25, 0.3) is 0 Å². The highest BCUT2D eigenvalue weighted by atomic mass is 15.1. The predicted molar refractivity (Wildman–Crippen MR) is 81.9 cm³/mol. The zero-order valence-electron chi connectivity index (χ0n) is 12.0. The first-order chi connectivity index (χ1) is 9.84. The van der Waals surface area contributed by atoms with Gasteiger partial charge in [0.2, 0.25) is 0 Å². The average molecular weight is 267 g/mol. The molecule has 2 aliphatic rings. The zero-order valence-corrected chi connectivity index (χ0v) is 12.0. The second-order valence-corrected chi connectivity index (χ2v) is 6.18. The summed E-state index contributed by atoms with van der Waals surface area (Å²) < 4.78 is 2.41. The summed E-state index contributed by atoms with van der Waals surface area (Å²) >= 11 is 0. The minimum Gasteiger partial charge on any atom is -0.384 e. The number of aromatic nitrogens is 2. The molecule has 0 radical (unpaired) electrons. The number of fused-ring (bicyclic) bond motifs is 1. The summed E-state index contributed by atoms with van der Waals surface area (Å²) in [5, 5.41) is 3.54. The smallest absolute Gasteiger partial charge is 0.0953 e. The number of anilines is 1. The van der Waals surface area contributed by atoms with Crippen LogP contribution in [0.4, 0.5) is 5.69 Å². The average Bonchev–Trinajstić information content (AvgIpc) is 3.17. The van der Waals surface area contributed by atoms with E-state index in [2.05, 4.69) is 40.0 Å². The number of nitrogens with one attached hydrogen (secondary N) is 1. The molecule has 1 aromatic heterocycles. The van der Waals surface area contributed by atoms with E-state index in [0.29, 0.717) is 6.04 Å². The van der Waals surface area contributed by atoms with E-state index in [1.54, 1.807) is 0 Å². The molecular weight excluding hydrogens is 246 g/mol. The van der Waals surface area contributed by atoms with Crippen molar-refractivity contribution >= 4 is 5.69 Å². The maximum Gasteiger partial charge on any atom is 0.0953 e. The molecule has 2 heterocycles. The van der Waals surface area contributed by atoms with Gasteiger partial charge in [0.05, 0.1) is 18.2 Å². The minimum absolute atomic E-state index is 0.616. The number of imidazole rings is 1. The highest BCUT2D eigenvalue weighted by Gasteiger charge is 2.27. The fourth-order valence-corrected chi connectivity index (χ4v) is 3.87. The van der Waals surface area contributed by atoms with Gasteiger partial charge in [-0.05, 0) is 30.7 Å². The van der Waals surface area contributed by atoms with Gasteiger partial charge < -0.3 is 9.88 Å². The first-order valence-corrected chi connectivity index (χ1v) is 7.72. The molecular formula is C17H21N3. The normalized spacial score (nSPS) is 24.6. The largest absolute Gasteiger partial charge is 0.384 e. The first kappa shape index (κ1) is 12.0. The van der Waals surface area contributed by atoms with Crippen molar-refractivity contribution in [2.75, 3.05) is 11.9 Å². The Balaban J connectivity index is 1.81. The Morgan fingerprint density at radius 3 is 3.10 bits per heavy atom. The molecule has 1 aliphatic carbocycles. The molecule has 2 atom stereocenters.